The summed E-state index contributed by atoms with van der Waals surface area (Å²) in [6, 6.07) is 0.277. The molecule has 1 atom stereocenters. The number of rotatable bonds is 4. The van der Waals surface area contributed by atoms with Crippen LogP contribution >= 0.6 is 23.1 Å². The van der Waals surface area contributed by atoms with Gasteiger partial charge in [0, 0.05) is 30.1 Å². The summed E-state index contributed by atoms with van der Waals surface area (Å²) in [5.74, 6) is 1.37. The van der Waals surface area contributed by atoms with Crippen LogP contribution in [-0.4, -0.2) is 45.9 Å². The second-order valence-electron chi connectivity index (χ2n) is 5.18. The third kappa shape index (κ3) is 3.58. The second-order valence-corrected chi connectivity index (χ2v) is 7.59. The van der Waals surface area contributed by atoms with Crippen molar-refractivity contribution in [2.24, 2.45) is 0 Å². The van der Waals surface area contributed by atoms with Crippen LogP contribution in [0.3, 0.4) is 0 Å². The standard InChI is InChI=1S/C13H22N4OS2/c1-4-9-7-17(5-6-19-9)12(18)10-11(14)16-13(20-10)15-8(2)3/h8-9H,4-7,14H2,1-3H3,(H,15,16). The van der Waals surface area contributed by atoms with E-state index in [4.69, 9.17) is 5.73 Å². The summed E-state index contributed by atoms with van der Waals surface area (Å²) in [5.41, 5.74) is 5.90. The fourth-order valence-corrected chi connectivity index (χ4v) is 4.27. The Morgan fingerprint density at radius 3 is 3.00 bits per heavy atom. The number of nitrogen functional groups attached to an aromatic ring is 1. The van der Waals surface area contributed by atoms with Crippen LogP contribution in [0.4, 0.5) is 10.9 Å². The van der Waals surface area contributed by atoms with E-state index in [0.29, 0.717) is 15.9 Å². The summed E-state index contributed by atoms with van der Waals surface area (Å²) < 4.78 is 0. The molecule has 1 unspecified atom stereocenters. The highest BCUT2D eigenvalue weighted by Crippen LogP contribution is 2.29. The molecule has 5 nitrogen and oxygen atoms in total. The zero-order valence-corrected chi connectivity index (χ0v) is 13.8. The summed E-state index contributed by atoms with van der Waals surface area (Å²) in [6.07, 6.45) is 1.09. The van der Waals surface area contributed by atoms with E-state index in [9.17, 15) is 4.79 Å². The average Bonchev–Trinajstić information content (AvgIpc) is 2.77. The van der Waals surface area contributed by atoms with Crippen LogP contribution in [0.5, 0.6) is 0 Å². The van der Waals surface area contributed by atoms with E-state index in [-0.39, 0.29) is 11.9 Å². The maximum Gasteiger partial charge on any atom is 0.267 e. The van der Waals surface area contributed by atoms with Crippen molar-refractivity contribution in [3.8, 4) is 0 Å². The third-order valence-corrected chi connectivity index (χ3v) is 5.50. The van der Waals surface area contributed by atoms with E-state index < -0.39 is 0 Å². The summed E-state index contributed by atoms with van der Waals surface area (Å²) in [6.45, 7) is 7.84. The Bertz CT molecular complexity index is 475. The number of nitrogens with zero attached hydrogens (tertiary/aromatic N) is 2. The first kappa shape index (κ1) is 15.4. The lowest BCUT2D eigenvalue weighted by Gasteiger charge is -2.31. The average molecular weight is 314 g/mol. The molecule has 2 heterocycles. The molecule has 1 fully saturated rings. The number of nitrogens with two attached hydrogens (primary N) is 1. The molecule has 0 aromatic carbocycles. The molecule has 7 heteroatoms. The number of carbonyl (C=O) groups is 1. The Hall–Kier alpha value is -0.950. The quantitative estimate of drug-likeness (QED) is 0.893. The van der Waals surface area contributed by atoms with Crippen molar-refractivity contribution in [3.05, 3.63) is 4.88 Å². The van der Waals surface area contributed by atoms with Crippen molar-refractivity contribution in [2.75, 3.05) is 29.9 Å². The van der Waals surface area contributed by atoms with Crippen LogP contribution in [0.2, 0.25) is 0 Å². The lowest BCUT2D eigenvalue weighted by atomic mass is 10.3. The number of thiazole rings is 1. The minimum Gasteiger partial charge on any atom is -0.382 e. The summed E-state index contributed by atoms with van der Waals surface area (Å²) in [4.78, 5) is 19.3. The molecule has 0 spiro atoms. The van der Waals surface area contributed by atoms with Gasteiger partial charge in [0.2, 0.25) is 0 Å². The van der Waals surface area contributed by atoms with Gasteiger partial charge in [-0.25, -0.2) is 4.98 Å². The first-order chi connectivity index (χ1) is 9.51. The lowest BCUT2D eigenvalue weighted by molar-refractivity contribution is 0.0766. The number of hydrogen-bond acceptors (Lipinski definition) is 6. The molecule has 1 aromatic heterocycles. The first-order valence-corrected chi connectivity index (χ1v) is 8.81. The van der Waals surface area contributed by atoms with E-state index >= 15 is 0 Å². The van der Waals surface area contributed by atoms with Crippen molar-refractivity contribution in [2.45, 2.75) is 38.5 Å². The molecule has 1 aliphatic rings. The predicted octanol–water partition coefficient (Wildman–Crippen LogP) is 2.51. The van der Waals surface area contributed by atoms with Gasteiger partial charge in [-0.05, 0) is 20.3 Å². The number of anilines is 2. The fourth-order valence-electron chi connectivity index (χ4n) is 2.09. The van der Waals surface area contributed by atoms with E-state index in [1.165, 1.54) is 11.3 Å². The van der Waals surface area contributed by atoms with Crippen LogP contribution < -0.4 is 11.1 Å². The molecule has 0 saturated carbocycles. The molecule has 0 aliphatic carbocycles. The number of hydrogen-bond donors (Lipinski definition) is 2. The minimum absolute atomic E-state index is 0.0237. The van der Waals surface area contributed by atoms with E-state index in [1.807, 2.05) is 30.5 Å². The highest BCUT2D eigenvalue weighted by Gasteiger charge is 2.27. The van der Waals surface area contributed by atoms with Gasteiger partial charge in [-0.15, -0.1) is 0 Å². The van der Waals surface area contributed by atoms with Crippen molar-refractivity contribution in [3.63, 3.8) is 0 Å². The van der Waals surface area contributed by atoms with E-state index in [2.05, 4.69) is 17.2 Å². The largest absolute Gasteiger partial charge is 0.382 e. The van der Waals surface area contributed by atoms with Gasteiger partial charge in [0.1, 0.15) is 10.7 Å². The summed E-state index contributed by atoms with van der Waals surface area (Å²) in [7, 11) is 0. The van der Waals surface area contributed by atoms with Crippen LogP contribution in [-0.2, 0) is 0 Å². The molecule has 1 saturated heterocycles. The number of nitrogens with one attached hydrogen (secondary N) is 1. The zero-order chi connectivity index (χ0) is 14.7. The molecule has 3 N–H and O–H groups in total. The molecule has 2 rings (SSSR count). The van der Waals surface area contributed by atoms with E-state index in [0.717, 1.165) is 30.4 Å². The van der Waals surface area contributed by atoms with Crippen LogP contribution in [0.25, 0.3) is 0 Å². The molecule has 1 amide bonds. The van der Waals surface area contributed by atoms with Gasteiger partial charge in [0.25, 0.3) is 5.91 Å². The third-order valence-electron chi connectivity index (χ3n) is 3.14. The van der Waals surface area contributed by atoms with Gasteiger partial charge in [0.15, 0.2) is 5.13 Å². The highest BCUT2D eigenvalue weighted by molar-refractivity contribution is 8.00. The van der Waals surface area contributed by atoms with Gasteiger partial charge < -0.3 is 16.0 Å². The number of thioether (sulfide) groups is 1. The fraction of sp³-hybridized carbons (Fsp3) is 0.692. The van der Waals surface area contributed by atoms with E-state index in [1.54, 1.807) is 0 Å². The highest BCUT2D eigenvalue weighted by atomic mass is 32.2. The predicted molar refractivity (Wildman–Crippen MR) is 87.7 cm³/mol. The molecule has 0 bridgehead atoms. The summed E-state index contributed by atoms with van der Waals surface area (Å²) in [5, 5.41) is 4.45. The Morgan fingerprint density at radius 2 is 2.35 bits per heavy atom. The lowest BCUT2D eigenvalue weighted by Crippen LogP contribution is -2.41. The van der Waals surface area contributed by atoms with Crippen molar-refractivity contribution >= 4 is 40.0 Å². The van der Waals surface area contributed by atoms with Crippen molar-refractivity contribution < 1.29 is 4.79 Å². The van der Waals surface area contributed by atoms with Crippen molar-refractivity contribution in [1.29, 1.82) is 0 Å². The maximum absolute atomic E-state index is 12.6. The van der Waals surface area contributed by atoms with Gasteiger partial charge in [0.05, 0.1) is 0 Å². The first-order valence-electron chi connectivity index (χ1n) is 6.95. The molecule has 1 aromatic rings. The van der Waals surface area contributed by atoms with Gasteiger partial charge >= 0.3 is 0 Å². The number of amides is 1. The van der Waals surface area contributed by atoms with Crippen LogP contribution in [0.15, 0.2) is 0 Å². The normalized spacial score (nSPS) is 19.4. The molecule has 20 heavy (non-hydrogen) atoms. The maximum atomic E-state index is 12.6. The Morgan fingerprint density at radius 1 is 1.60 bits per heavy atom. The second kappa shape index (κ2) is 6.67. The SMILES string of the molecule is CCC1CN(C(=O)c2sc(NC(C)C)nc2N)CCS1. The zero-order valence-electron chi connectivity index (χ0n) is 12.2. The molecular formula is C13H22N4OS2. The minimum atomic E-state index is 0.0237. The molecular weight excluding hydrogens is 292 g/mol. The van der Waals surface area contributed by atoms with Crippen LogP contribution in [0, 0.1) is 0 Å². The van der Waals surface area contributed by atoms with Crippen LogP contribution in [0.1, 0.15) is 36.9 Å². The molecule has 112 valence electrons. The Balaban J connectivity index is 2.10. The summed E-state index contributed by atoms with van der Waals surface area (Å²) >= 11 is 3.30. The number of carbonyl (C=O) groups excluding carboxylic acids is 1. The smallest absolute Gasteiger partial charge is 0.267 e. The number of aromatic nitrogens is 1. The Kier molecular flexibility index (Phi) is 5.15. The Labute approximate surface area is 128 Å². The van der Waals surface area contributed by atoms with Gasteiger partial charge in [-0.2, -0.15) is 11.8 Å². The monoisotopic (exact) mass is 314 g/mol. The molecule has 0 radical (unpaired) electrons. The molecule has 1 aliphatic heterocycles. The van der Waals surface area contributed by atoms with Gasteiger partial charge in [-0.1, -0.05) is 18.3 Å². The van der Waals surface area contributed by atoms with Crippen molar-refractivity contribution in [1.82, 2.24) is 9.88 Å². The topological polar surface area (TPSA) is 71.2 Å². The van der Waals surface area contributed by atoms with Gasteiger partial charge in [-0.3, -0.25) is 4.79 Å².